The van der Waals surface area contributed by atoms with Crippen LogP contribution in [0.15, 0.2) is 0 Å². The second-order valence-corrected chi connectivity index (χ2v) is 4.29. The Bertz CT molecular complexity index is 120. The van der Waals surface area contributed by atoms with Crippen molar-refractivity contribution in [3.05, 3.63) is 0 Å². The lowest BCUT2D eigenvalue weighted by Crippen LogP contribution is -2.33. The first-order chi connectivity index (χ1) is 6.70. The van der Waals surface area contributed by atoms with Gasteiger partial charge in [-0.3, -0.25) is 0 Å². The molecule has 0 amide bonds. The van der Waals surface area contributed by atoms with E-state index in [4.69, 9.17) is 16.3 Å². The molecule has 0 fully saturated rings. The maximum atomic E-state index is 5.86. The number of halogens is 1. The van der Waals surface area contributed by atoms with Crippen molar-refractivity contribution >= 4 is 11.6 Å². The summed E-state index contributed by atoms with van der Waals surface area (Å²) in [4.78, 5) is 0. The molecular formula is C11H24ClNO. The molecule has 1 unspecified atom stereocenters. The zero-order valence-corrected chi connectivity index (χ0v) is 10.4. The van der Waals surface area contributed by atoms with Crippen LogP contribution in [0.3, 0.4) is 0 Å². The number of nitrogens with one attached hydrogen (secondary N) is 1. The third-order valence-electron chi connectivity index (χ3n) is 2.04. The summed E-state index contributed by atoms with van der Waals surface area (Å²) < 4.78 is 5.26. The minimum atomic E-state index is 0.457. The normalized spacial score (nSPS) is 13.5. The van der Waals surface area contributed by atoms with Crippen LogP contribution in [0.2, 0.25) is 0 Å². The van der Waals surface area contributed by atoms with Crippen molar-refractivity contribution < 1.29 is 4.74 Å². The van der Waals surface area contributed by atoms with Crippen molar-refractivity contribution in [1.82, 2.24) is 5.32 Å². The molecule has 86 valence electrons. The number of alkyl halides is 1. The summed E-state index contributed by atoms with van der Waals surface area (Å²) >= 11 is 5.86. The van der Waals surface area contributed by atoms with Gasteiger partial charge in [0.15, 0.2) is 0 Å². The van der Waals surface area contributed by atoms with Crippen LogP contribution in [0.1, 0.15) is 33.6 Å². The van der Waals surface area contributed by atoms with Crippen molar-refractivity contribution in [2.24, 2.45) is 5.92 Å². The van der Waals surface area contributed by atoms with Crippen LogP contribution in [0.5, 0.6) is 0 Å². The van der Waals surface area contributed by atoms with Crippen LogP contribution in [0, 0.1) is 5.92 Å². The van der Waals surface area contributed by atoms with Gasteiger partial charge in [0.05, 0.1) is 0 Å². The molecule has 1 N–H and O–H groups in total. The summed E-state index contributed by atoms with van der Waals surface area (Å²) in [6.07, 6.45) is 2.22. The first kappa shape index (κ1) is 14.2. The van der Waals surface area contributed by atoms with Gasteiger partial charge in [0.1, 0.15) is 0 Å². The van der Waals surface area contributed by atoms with E-state index in [0.29, 0.717) is 17.8 Å². The van der Waals surface area contributed by atoms with E-state index < -0.39 is 0 Å². The van der Waals surface area contributed by atoms with Crippen molar-refractivity contribution in [2.75, 3.05) is 25.6 Å². The first-order valence-electron chi connectivity index (χ1n) is 5.57. The molecule has 1 atom stereocenters. The van der Waals surface area contributed by atoms with Crippen molar-refractivity contribution in [1.29, 1.82) is 0 Å². The lowest BCUT2D eigenvalue weighted by atomic mass is 10.1. The molecule has 0 rings (SSSR count). The van der Waals surface area contributed by atoms with Gasteiger partial charge in [-0.15, -0.1) is 11.6 Å². The minimum absolute atomic E-state index is 0.457. The topological polar surface area (TPSA) is 21.3 Å². The van der Waals surface area contributed by atoms with E-state index in [1.54, 1.807) is 0 Å². The molecule has 0 radical (unpaired) electrons. The molecule has 0 aromatic rings. The van der Waals surface area contributed by atoms with Gasteiger partial charge in [-0.25, -0.2) is 0 Å². The van der Waals surface area contributed by atoms with Crippen LogP contribution >= 0.6 is 11.6 Å². The first-order valence-corrected chi connectivity index (χ1v) is 6.11. The molecule has 0 aromatic heterocycles. The standard InChI is InChI=1S/C11H24ClNO/c1-4-14-7-5-6-13-11(9-12)8-10(2)3/h10-11,13H,4-9H2,1-3H3. The van der Waals surface area contributed by atoms with Crippen LogP contribution < -0.4 is 5.32 Å². The minimum Gasteiger partial charge on any atom is -0.382 e. The zero-order valence-electron chi connectivity index (χ0n) is 9.68. The van der Waals surface area contributed by atoms with Crippen LogP contribution in [-0.2, 0) is 4.74 Å². The number of hydrogen-bond acceptors (Lipinski definition) is 2. The Morgan fingerprint density at radius 2 is 2.07 bits per heavy atom. The van der Waals surface area contributed by atoms with Crippen molar-refractivity contribution in [3.8, 4) is 0 Å². The van der Waals surface area contributed by atoms with E-state index in [0.717, 1.165) is 32.6 Å². The Hall–Kier alpha value is 0.210. The molecule has 0 bridgehead atoms. The van der Waals surface area contributed by atoms with Gasteiger partial charge in [-0.2, -0.15) is 0 Å². The van der Waals surface area contributed by atoms with E-state index in [1.165, 1.54) is 0 Å². The zero-order chi connectivity index (χ0) is 10.8. The van der Waals surface area contributed by atoms with E-state index in [1.807, 2.05) is 6.92 Å². The van der Waals surface area contributed by atoms with Crippen LogP contribution in [0.25, 0.3) is 0 Å². The molecule has 14 heavy (non-hydrogen) atoms. The highest BCUT2D eigenvalue weighted by Crippen LogP contribution is 2.05. The quantitative estimate of drug-likeness (QED) is 0.478. The lowest BCUT2D eigenvalue weighted by Gasteiger charge is -2.17. The fourth-order valence-electron chi connectivity index (χ4n) is 1.39. The smallest absolute Gasteiger partial charge is 0.0477 e. The average molecular weight is 222 g/mol. The Kier molecular flexibility index (Phi) is 9.90. The fraction of sp³-hybridized carbons (Fsp3) is 1.00. The highest BCUT2D eigenvalue weighted by Gasteiger charge is 2.07. The Balaban J connectivity index is 3.33. The van der Waals surface area contributed by atoms with Crippen molar-refractivity contribution in [3.63, 3.8) is 0 Å². The predicted molar refractivity (Wildman–Crippen MR) is 63.1 cm³/mol. The Morgan fingerprint density at radius 3 is 2.57 bits per heavy atom. The van der Waals surface area contributed by atoms with Gasteiger partial charge >= 0.3 is 0 Å². The molecule has 0 aliphatic heterocycles. The number of rotatable bonds is 9. The SMILES string of the molecule is CCOCCCNC(CCl)CC(C)C. The van der Waals surface area contributed by atoms with Crippen LogP contribution in [0.4, 0.5) is 0 Å². The number of ether oxygens (including phenoxy) is 1. The summed E-state index contributed by atoms with van der Waals surface area (Å²) in [5.41, 5.74) is 0. The van der Waals surface area contributed by atoms with Gasteiger partial charge in [-0.1, -0.05) is 13.8 Å². The molecule has 0 saturated carbocycles. The average Bonchev–Trinajstić information content (AvgIpc) is 2.15. The molecular weight excluding hydrogens is 198 g/mol. The fourth-order valence-corrected chi connectivity index (χ4v) is 1.63. The molecule has 0 saturated heterocycles. The van der Waals surface area contributed by atoms with E-state index in [2.05, 4.69) is 19.2 Å². The van der Waals surface area contributed by atoms with Crippen LogP contribution in [-0.4, -0.2) is 31.7 Å². The predicted octanol–water partition coefficient (Wildman–Crippen LogP) is 2.66. The molecule has 0 spiro atoms. The van der Waals surface area contributed by atoms with E-state index >= 15 is 0 Å². The third-order valence-corrected chi connectivity index (χ3v) is 2.42. The summed E-state index contributed by atoms with van der Waals surface area (Å²) in [5.74, 6) is 1.41. The Morgan fingerprint density at radius 1 is 1.36 bits per heavy atom. The highest BCUT2D eigenvalue weighted by molar-refractivity contribution is 6.18. The second-order valence-electron chi connectivity index (χ2n) is 3.99. The van der Waals surface area contributed by atoms with Gasteiger partial charge < -0.3 is 10.1 Å². The third kappa shape index (κ3) is 8.79. The maximum absolute atomic E-state index is 5.86. The van der Waals surface area contributed by atoms with Gasteiger partial charge in [0.2, 0.25) is 0 Å². The van der Waals surface area contributed by atoms with E-state index in [-0.39, 0.29) is 0 Å². The second kappa shape index (κ2) is 9.75. The lowest BCUT2D eigenvalue weighted by molar-refractivity contribution is 0.144. The molecule has 3 heteroatoms. The monoisotopic (exact) mass is 221 g/mol. The van der Waals surface area contributed by atoms with Gasteiger partial charge in [-0.05, 0) is 32.2 Å². The number of hydrogen-bond donors (Lipinski definition) is 1. The summed E-state index contributed by atoms with van der Waals surface area (Å²) in [6.45, 7) is 9.13. The van der Waals surface area contributed by atoms with Gasteiger partial charge in [0, 0.05) is 25.1 Å². The molecule has 0 aliphatic carbocycles. The largest absolute Gasteiger partial charge is 0.382 e. The van der Waals surface area contributed by atoms with E-state index in [9.17, 15) is 0 Å². The summed E-state index contributed by atoms with van der Waals surface area (Å²) in [6, 6.07) is 0.457. The maximum Gasteiger partial charge on any atom is 0.0477 e. The molecule has 0 aliphatic rings. The summed E-state index contributed by atoms with van der Waals surface area (Å²) in [5, 5.41) is 3.45. The van der Waals surface area contributed by atoms with Crippen molar-refractivity contribution in [2.45, 2.75) is 39.7 Å². The molecule has 2 nitrogen and oxygen atoms in total. The van der Waals surface area contributed by atoms with Gasteiger partial charge in [0.25, 0.3) is 0 Å². The Labute approximate surface area is 93.4 Å². The summed E-state index contributed by atoms with van der Waals surface area (Å²) in [7, 11) is 0. The molecule has 0 aromatic carbocycles. The molecule has 0 heterocycles. The highest BCUT2D eigenvalue weighted by atomic mass is 35.5.